The van der Waals surface area contributed by atoms with Gasteiger partial charge in [0.25, 0.3) is 0 Å². The van der Waals surface area contributed by atoms with Gasteiger partial charge < -0.3 is 10.6 Å². The minimum absolute atomic E-state index is 0. The first-order valence-corrected chi connectivity index (χ1v) is 8.75. The molecule has 0 bridgehead atoms. The number of guanidine groups is 1. The Labute approximate surface area is 141 Å². The van der Waals surface area contributed by atoms with Crippen molar-refractivity contribution in [2.75, 3.05) is 26.4 Å². The molecule has 1 heterocycles. The molecule has 0 aliphatic heterocycles. The van der Waals surface area contributed by atoms with Crippen molar-refractivity contribution < 1.29 is 8.42 Å². The van der Waals surface area contributed by atoms with E-state index in [4.69, 9.17) is 0 Å². The number of nitrogens with one attached hydrogen (secondary N) is 3. The molecule has 116 valence electrons. The first-order valence-electron chi connectivity index (χ1n) is 5.91. The molecule has 0 fully saturated rings. The summed E-state index contributed by atoms with van der Waals surface area (Å²) >= 11 is 1.66. The first kappa shape index (κ1) is 19.6. The molecule has 0 aliphatic carbocycles. The van der Waals surface area contributed by atoms with Crippen LogP contribution in [-0.2, 0) is 16.6 Å². The van der Waals surface area contributed by atoms with Crippen LogP contribution in [0.25, 0.3) is 0 Å². The van der Waals surface area contributed by atoms with Crippen LogP contribution in [0.15, 0.2) is 21.8 Å². The zero-order chi connectivity index (χ0) is 14.1. The van der Waals surface area contributed by atoms with E-state index in [1.165, 1.54) is 5.56 Å². The molecule has 9 heteroatoms. The Morgan fingerprint density at radius 1 is 1.35 bits per heavy atom. The summed E-state index contributed by atoms with van der Waals surface area (Å²) in [5, 5.41) is 10.4. The van der Waals surface area contributed by atoms with Gasteiger partial charge in [-0.15, -0.1) is 24.0 Å². The molecule has 1 rings (SSSR count). The predicted molar refractivity (Wildman–Crippen MR) is 95.4 cm³/mol. The third-order valence-corrected chi connectivity index (χ3v) is 3.73. The minimum atomic E-state index is -3.09. The second kappa shape index (κ2) is 10.4. The van der Waals surface area contributed by atoms with E-state index in [0.29, 0.717) is 25.5 Å². The standard InChI is InChI=1S/C11H20N4O2S2.HI/c1-12-11(14-8-10-4-7-18-9-10)13-5-3-6-15-19(2,16)17;/h4,7,9,15H,3,5-6,8H2,1-2H3,(H2,12,13,14);1H. The number of nitrogens with zero attached hydrogens (tertiary/aromatic N) is 1. The molecule has 20 heavy (non-hydrogen) atoms. The predicted octanol–water partition coefficient (Wildman–Crippen LogP) is 0.970. The lowest BCUT2D eigenvalue weighted by Crippen LogP contribution is -2.38. The zero-order valence-corrected chi connectivity index (χ0v) is 15.5. The molecule has 0 saturated heterocycles. The van der Waals surface area contributed by atoms with Crippen molar-refractivity contribution in [1.29, 1.82) is 0 Å². The third kappa shape index (κ3) is 9.50. The second-order valence-electron chi connectivity index (χ2n) is 4.00. The summed E-state index contributed by atoms with van der Waals surface area (Å²) in [6.45, 7) is 1.81. The van der Waals surface area contributed by atoms with Crippen molar-refractivity contribution in [2.24, 2.45) is 4.99 Å². The van der Waals surface area contributed by atoms with Crippen LogP contribution < -0.4 is 15.4 Å². The topological polar surface area (TPSA) is 82.6 Å². The fourth-order valence-electron chi connectivity index (χ4n) is 1.35. The molecule has 0 aliphatic rings. The fraction of sp³-hybridized carbons (Fsp3) is 0.545. The molecule has 1 aromatic rings. The van der Waals surface area contributed by atoms with Gasteiger partial charge >= 0.3 is 0 Å². The Kier molecular flexibility index (Phi) is 10.2. The fourth-order valence-corrected chi connectivity index (χ4v) is 2.54. The van der Waals surface area contributed by atoms with Crippen LogP contribution in [0.1, 0.15) is 12.0 Å². The van der Waals surface area contributed by atoms with Gasteiger partial charge in [0, 0.05) is 26.7 Å². The quantitative estimate of drug-likeness (QED) is 0.260. The summed E-state index contributed by atoms with van der Waals surface area (Å²) in [5.41, 5.74) is 1.21. The van der Waals surface area contributed by atoms with Crippen LogP contribution in [-0.4, -0.2) is 40.8 Å². The van der Waals surface area contributed by atoms with Crippen LogP contribution in [0.5, 0.6) is 0 Å². The van der Waals surface area contributed by atoms with Gasteiger partial charge in [0.2, 0.25) is 10.0 Å². The highest BCUT2D eigenvalue weighted by molar-refractivity contribution is 14.0. The number of halogens is 1. The van der Waals surface area contributed by atoms with E-state index in [2.05, 4.69) is 31.8 Å². The Balaban J connectivity index is 0.00000361. The maximum absolute atomic E-state index is 10.9. The molecule has 6 nitrogen and oxygen atoms in total. The van der Waals surface area contributed by atoms with E-state index in [1.54, 1.807) is 18.4 Å². The number of hydrogen-bond donors (Lipinski definition) is 3. The largest absolute Gasteiger partial charge is 0.356 e. The van der Waals surface area contributed by atoms with Crippen LogP contribution >= 0.6 is 35.3 Å². The summed E-state index contributed by atoms with van der Waals surface area (Å²) in [4.78, 5) is 4.09. The van der Waals surface area contributed by atoms with Gasteiger partial charge in [0.1, 0.15) is 0 Å². The van der Waals surface area contributed by atoms with E-state index in [-0.39, 0.29) is 24.0 Å². The Bertz CT molecular complexity index is 489. The van der Waals surface area contributed by atoms with E-state index in [1.807, 2.05) is 5.38 Å². The normalized spacial score (nSPS) is 11.8. The van der Waals surface area contributed by atoms with Crippen molar-refractivity contribution >= 4 is 51.3 Å². The van der Waals surface area contributed by atoms with Crippen LogP contribution in [0.4, 0.5) is 0 Å². The minimum Gasteiger partial charge on any atom is -0.356 e. The van der Waals surface area contributed by atoms with Gasteiger partial charge in [-0.25, -0.2) is 13.1 Å². The zero-order valence-electron chi connectivity index (χ0n) is 11.5. The van der Waals surface area contributed by atoms with Crippen molar-refractivity contribution in [3.63, 3.8) is 0 Å². The molecule has 0 amide bonds. The highest BCUT2D eigenvalue weighted by Crippen LogP contribution is 2.04. The molecule has 0 unspecified atom stereocenters. The highest BCUT2D eigenvalue weighted by Gasteiger charge is 2.00. The maximum atomic E-state index is 10.9. The molecular formula is C11H21IN4O2S2. The monoisotopic (exact) mass is 432 g/mol. The smallest absolute Gasteiger partial charge is 0.208 e. The number of aliphatic imine (C=N–C) groups is 1. The third-order valence-electron chi connectivity index (χ3n) is 2.27. The highest BCUT2D eigenvalue weighted by atomic mass is 127. The number of sulfonamides is 1. The summed E-state index contributed by atoms with van der Waals surface area (Å²) in [7, 11) is -1.39. The number of rotatable bonds is 7. The Morgan fingerprint density at radius 3 is 2.65 bits per heavy atom. The average molecular weight is 432 g/mol. The maximum Gasteiger partial charge on any atom is 0.208 e. The molecule has 3 N–H and O–H groups in total. The van der Waals surface area contributed by atoms with Gasteiger partial charge in [-0.1, -0.05) is 0 Å². The van der Waals surface area contributed by atoms with Crippen LogP contribution in [0.3, 0.4) is 0 Å². The molecule has 0 spiro atoms. The molecule has 0 saturated carbocycles. The van der Waals surface area contributed by atoms with Crippen LogP contribution in [0, 0.1) is 0 Å². The second-order valence-corrected chi connectivity index (χ2v) is 6.62. The van der Waals surface area contributed by atoms with E-state index >= 15 is 0 Å². The Morgan fingerprint density at radius 2 is 2.10 bits per heavy atom. The van der Waals surface area contributed by atoms with Gasteiger partial charge in [-0.3, -0.25) is 4.99 Å². The average Bonchev–Trinajstić information content (AvgIpc) is 2.84. The lowest BCUT2D eigenvalue weighted by molar-refractivity contribution is 0.584. The van der Waals surface area contributed by atoms with Crippen molar-refractivity contribution in [1.82, 2.24) is 15.4 Å². The van der Waals surface area contributed by atoms with E-state index in [9.17, 15) is 8.42 Å². The molecule has 0 radical (unpaired) electrons. The number of hydrogen-bond acceptors (Lipinski definition) is 4. The number of thiophene rings is 1. The molecule has 0 atom stereocenters. The van der Waals surface area contributed by atoms with Crippen LogP contribution in [0.2, 0.25) is 0 Å². The van der Waals surface area contributed by atoms with Gasteiger partial charge in [-0.2, -0.15) is 11.3 Å². The van der Waals surface area contributed by atoms with Gasteiger partial charge in [0.05, 0.1) is 6.26 Å². The van der Waals surface area contributed by atoms with E-state index in [0.717, 1.165) is 12.8 Å². The summed E-state index contributed by atoms with van der Waals surface area (Å²) in [6.07, 6.45) is 1.86. The Hall–Kier alpha value is -0.390. The SMILES string of the molecule is CN=C(NCCCNS(C)(=O)=O)NCc1ccsc1.I. The van der Waals surface area contributed by atoms with Crippen molar-refractivity contribution in [2.45, 2.75) is 13.0 Å². The molecule has 0 aromatic carbocycles. The van der Waals surface area contributed by atoms with Gasteiger partial charge in [0.15, 0.2) is 5.96 Å². The first-order chi connectivity index (χ1) is 9.01. The summed E-state index contributed by atoms with van der Waals surface area (Å²) in [5.74, 6) is 0.713. The van der Waals surface area contributed by atoms with E-state index < -0.39 is 10.0 Å². The molecule has 1 aromatic heterocycles. The van der Waals surface area contributed by atoms with Crippen molar-refractivity contribution in [3.05, 3.63) is 22.4 Å². The molecular weight excluding hydrogens is 411 g/mol. The lowest BCUT2D eigenvalue weighted by Gasteiger charge is -2.11. The summed E-state index contributed by atoms with van der Waals surface area (Å²) in [6, 6.07) is 2.06. The van der Waals surface area contributed by atoms with Gasteiger partial charge in [-0.05, 0) is 28.8 Å². The summed E-state index contributed by atoms with van der Waals surface area (Å²) < 4.78 is 24.1. The lowest BCUT2D eigenvalue weighted by atomic mass is 10.3. The van der Waals surface area contributed by atoms with Crippen molar-refractivity contribution in [3.8, 4) is 0 Å².